The maximum absolute atomic E-state index is 11.9. The highest BCUT2D eigenvalue weighted by molar-refractivity contribution is 5.69. The van der Waals surface area contributed by atoms with Crippen molar-refractivity contribution in [2.24, 2.45) is 0 Å². The zero-order chi connectivity index (χ0) is 28.1. The third-order valence-electron chi connectivity index (χ3n) is 6.79. The summed E-state index contributed by atoms with van der Waals surface area (Å²) < 4.78 is 10.5. The second kappa shape index (κ2) is 28.2. The molecule has 0 spiro atoms. The van der Waals surface area contributed by atoms with Gasteiger partial charge in [-0.15, -0.1) is 0 Å². The maximum atomic E-state index is 11.9. The number of carbonyl (C=O) groups is 3. The molecule has 8 heteroatoms. The highest BCUT2D eigenvalue weighted by atomic mass is 16.5. The van der Waals surface area contributed by atoms with Crippen LogP contribution < -0.4 is 5.32 Å². The van der Waals surface area contributed by atoms with Crippen LogP contribution in [0.5, 0.6) is 0 Å². The summed E-state index contributed by atoms with van der Waals surface area (Å²) in [5.74, 6) is -0.766. The Morgan fingerprint density at radius 2 is 1.08 bits per heavy atom. The fourth-order valence-electron chi connectivity index (χ4n) is 4.45. The van der Waals surface area contributed by atoms with E-state index in [-0.39, 0.29) is 18.5 Å². The number of hydrogen-bond donors (Lipinski definition) is 2. The molecule has 0 unspecified atom stereocenters. The number of rotatable bonds is 28. The van der Waals surface area contributed by atoms with Gasteiger partial charge in [0.2, 0.25) is 0 Å². The minimum Gasteiger partial charge on any atom is -0.481 e. The Morgan fingerprint density at radius 1 is 0.605 bits per heavy atom. The molecule has 0 aromatic rings. The van der Waals surface area contributed by atoms with E-state index in [1.165, 1.54) is 32.1 Å². The average Bonchev–Trinajstić information content (AvgIpc) is 2.90. The third kappa shape index (κ3) is 27.2. The molecule has 0 aliphatic heterocycles. The van der Waals surface area contributed by atoms with E-state index in [4.69, 9.17) is 14.6 Å². The Hall–Kier alpha value is -1.83. The summed E-state index contributed by atoms with van der Waals surface area (Å²) >= 11 is 0. The number of amides is 1. The fourth-order valence-corrected chi connectivity index (χ4v) is 4.45. The topological polar surface area (TPSA) is 105 Å². The van der Waals surface area contributed by atoms with Gasteiger partial charge in [-0.05, 0) is 51.6 Å². The van der Waals surface area contributed by atoms with E-state index in [9.17, 15) is 14.4 Å². The highest BCUT2D eigenvalue weighted by Crippen LogP contribution is 2.11. The van der Waals surface area contributed by atoms with Crippen LogP contribution in [0.25, 0.3) is 0 Å². The lowest BCUT2D eigenvalue weighted by Gasteiger charge is -2.22. The SMILES string of the molecule is CCCCCCCCCOC(=O)CCCCCCCN(CCCCCCCC(=O)O)CCCOC(=O)NC. The van der Waals surface area contributed by atoms with Crippen molar-refractivity contribution in [2.45, 2.75) is 135 Å². The molecule has 8 nitrogen and oxygen atoms in total. The van der Waals surface area contributed by atoms with Crippen molar-refractivity contribution in [3.63, 3.8) is 0 Å². The molecule has 2 N–H and O–H groups in total. The van der Waals surface area contributed by atoms with E-state index in [2.05, 4.69) is 17.1 Å². The normalized spacial score (nSPS) is 11.0. The van der Waals surface area contributed by atoms with Crippen LogP contribution in [0.15, 0.2) is 0 Å². The fraction of sp³-hybridized carbons (Fsp3) is 0.900. The van der Waals surface area contributed by atoms with E-state index >= 15 is 0 Å². The Kier molecular flexibility index (Phi) is 26.8. The Morgan fingerprint density at radius 3 is 1.66 bits per heavy atom. The van der Waals surface area contributed by atoms with E-state index < -0.39 is 5.97 Å². The van der Waals surface area contributed by atoms with Crippen molar-refractivity contribution < 1.29 is 29.0 Å². The number of carboxylic acid groups (broad SMARTS) is 1. The predicted molar refractivity (Wildman–Crippen MR) is 153 cm³/mol. The van der Waals surface area contributed by atoms with Gasteiger partial charge in [0.05, 0.1) is 13.2 Å². The van der Waals surface area contributed by atoms with Crippen molar-refractivity contribution in [1.82, 2.24) is 10.2 Å². The van der Waals surface area contributed by atoms with Crippen molar-refractivity contribution in [3.8, 4) is 0 Å². The molecule has 38 heavy (non-hydrogen) atoms. The van der Waals surface area contributed by atoms with Gasteiger partial charge in [-0.3, -0.25) is 9.59 Å². The Labute approximate surface area is 232 Å². The largest absolute Gasteiger partial charge is 0.481 e. The first-order valence-corrected chi connectivity index (χ1v) is 15.4. The molecule has 0 atom stereocenters. The van der Waals surface area contributed by atoms with Gasteiger partial charge in [-0.2, -0.15) is 0 Å². The van der Waals surface area contributed by atoms with Gasteiger partial charge in [0.15, 0.2) is 0 Å². The van der Waals surface area contributed by atoms with Crippen LogP contribution in [0.1, 0.15) is 135 Å². The van der Waals surface area contributed by atoms with Crippen molar-refractivity contribution in [1.29, 1.82) is 0 Å². The van der Waals surface area contributed by atoms with E-state index in [1.807, 2.05) is 0 Å². The molecule has 0 radical (unpaired) electrons. The molecule has 0 aromatic heterocycles. The Bertz CT molecular complexity index is 573. The van der Waals surface area contributed by atoms with Gasteiger partial charge in [0.25, 0.3) is 0 Å². The minimum absolute atomic E-state index is 0.0518. The van der Waals surface area contributed by atoms with Gasteiger partial charge in [0.1, 0.15) is 0 Å². The highest BCUT2D eigenvalue weighted by Gasteiger charge is 2.07. The van der Waals surface area contributed by atoms with Crippen LogP contribution in [-0.4, -0.2) is 67.9 Å². The lowest BCUT2D eigenvalue weighted by atomic mass is 10.1. The standard InChI is InChI=1S/C30H58N2O6/c1-3-4-5-6-7-14-19-26-37-29(35)22-16-11-9-13-18-24-32(25-20-27-38-30(36)31-2)23-17-12-8-10-15-21-28(33)34/h3-27H2,1-2H3,(H,31,36)(H,33,34). The van der Waals surface area contributed by atoms with Crippen LogP contribution in [0.4, 0.5) is 4.79 Å². The zero-order valence-corrected chi connectivity index (χ0v) is 24.6. The molecular weight excluding hydrogens is 484 g/mol. The first-order valence-electron chi connectivity index (χ1n) is 15.4. The lowest BCUT2D eigenvalue weighted by Crippen LogP contribution is -2.29. The molecule has 0 aromatic carbocycles. The van der Waals surface area contributed by atoms with E-state index in [1.54, 1.807) is 7.05 Å². The molecule has 0 rings (SSSR count). The van der Waals surface area contributed by atoms with Crippen LogP contribution in [0.3, 0.4) is 0 Å². The van der Waals surface area contributed by atoms with Crippen LogP contribution in [0, 0.1) is 0 Å². The monoisotopic (exact) mass is 542 g/mol. The molecule has 0 bridgehead atoms. The Balaban J connectivity index is 3.87. The van der Waals surface area contributed by atoms with E-state index in [0.717, 1.165) is 103 Å². The number of nitrogens with zero attached hydrogens (tertiary/aromatic N) is 1. The number of nitrogens with one attached hydrogen (secondary N) is 1. The zero-order valence-electron chi connectivity index (χ0n) is 24.6. The van der Waals surface area contributed by atoms with E-state index in [0.29, 0.717) is 19.6 Å². The smallest absolute Gasteiger partial charge is 0.406 e. The van der Waals surface area contributed by atoms with Crippen LogP contribution in [0.2, 0.25) is 0 Å². The van der Waals surface area contributed by atoms with Crippen molar-refractivity contribution >= 4 is 18.0 Å². The first kappa shape index (κ1) is 36.2. The molecule has 1 amide bonds. The first-order chi connectivity index (χ1) is 18.5. The molecule has 0 saturated heterocycles. The summed E-state index contributed by atoms with van der Waals surface area (Å²) in [7, 11) is 1.56. The number of alkyl carbamates (subject to hydrolysis) is 1. The number of carbonyl (C=O) groups excluding carboxylic acids is 2. The lowest BCUT2D eigenvalue weighted by molar-refractivity contribution is -0.144. The number of hydrogen-bond acceptors (Lipinski definition) is 6. The summed E-state index contributed by atoms with van der Waals surface area (Å²) in [6.45, 7) is 6.16. The molecule has 0 fully saturated rings. The second-order valence-electron chi connectivity index (χ2n) is 10.4. The maximum Gasteiger partial charge on any atom is 0.406 e. The van der Waals surface area contributed by atoms with Crippen molar-refractivity contribution in [2.75, 3.05) is 39.9 Å². The van der Waals surface area contributed by atoms with Gasteiger partial charge >= 0.3 is 18.0 Å². The summed E-state index contributed by atoms with van der Waals surface area (Å²) in [5.41, 5.74) is 0. The molecule has 0 saturated carbocycles. The average molecular weight is 543 g/mol. The predicted octanol–water partition coefficient (Wildman–Crippen LogP) is 7.09. The summed E-state index contributed by atoms with van der Waals surface area (Å²) in [4.78, 5) is 36.2. The number of unbranched alkanes of at least 4 members (excludes halogenated alkanes) is 14. The number of esters is 1. The minimum atomic E-state index is -0.714. The molecule has 224 valence electrons. The van der Waals surface area contributed by atoms with Gasteiger partial charge in [-0.1, -0.05) is 84.0 Å². The number of aliphatic carboxylic acids is 1. The quantitative estimate of drug-likeness (QED) is 0.0803. The third-order valence-corrected chi connectivity index (χ3v) is 6.79. The van der Waals surface area contributed by atoms with Gasteiger partial charge < -0.3 is 24.8 Å². The molecular formula is C30H58N2O6. The van der Waals surface area contributed by atoms with Crippen LogP contribution in [-0.2, 0) is 19.1 Å². The molecule has 0 heterocycles. The van der Waals surface area contributed by atoms with Gasteiger partial charge in [-0.25, -0.2) is 4.79 Å². The summed E-state index contributed by atoms with van der Waals surface area (Å²) in [6.07, 6.45) is 20.2. The summed E-state index contributed by atoms with van der Waals surface area (Å²) in [5, 5.41) is 11.2. The number of ether oxygens (including phenoxy) is 2. The van der Waals surface area contributed by atoms with Gasteiger partial charge in [0, 0.05) is 26.4 Å². The van der Waals surface area contributed by atoms with Crippen LogP contribution >= 0.6 is 0 Å². The molecule has 0 aliphatic carbocycles. The molecule has 0 aliphatic rings. The summed E-state index contributed by atoms with van der Waals surface area (Å²) in [6, 6.07) is 0. The van der Waals surface area contributed by atoms with Crippen molar-refractivity contribution in [3.05, 3.63) is 0 Å². The second-order valence-corrected chi connectivity index (χ2v) is 10.4. The number of carboxylic acids is 1.